The molecule has 1 aliphatic carbocycles. The van der Waals surface area contributed by atoms with E-state index < -0.39 is 5.92 Å². The molecule has 3 rings (SSSR count). The van der Waals surface area contributed by atoms with Gasteiger partial charge in [-0.3, -0.25) is 4.79 Å². The number of nitrogens with zero attached hydrogens (tertiary/aromatic N) is 1. The summed E-state index contributed by atoms with van der Waals surface area (Å²) in [5.74, 6) is 0.364. The van der Waals surface area contributed by atoms with Crippen molar-refractivity contribution in [3.63, 3.8) is 0 Å². The van der Waals surface area contributed by atoms with E-state index in [0.717, 1.165) is 9.35 Å². The lowest BCUT2D eigenvalue weighted by molar-refractivity contribution is -0.119. The average molecular weight is 379 g/mol. The minimum atomic E-state index is -0.409. The highest BCUT2D eigenvalue weighted by atomic mass is 79.9. The smallest absolute Gasteiger partial charge is 0.205 e. The van der Waals surface area contributed by atoms with Crippen molar-refractivity contribution in [2.24, 2.45) is 11.1 Å². The SMILES string of the molecule is CC1(C)CC(=O)C2=C(C1)OC(N)=C(C#N)[C@H]2c1cc(Br)cs1. The second-order valence-corrected chi connectivity index (χ2v) is 8.23. The van der Waals surface area contributed by atoms with Crippen molar-refractivity contribution < 1.29 is 9.53 Å². The Balaban J connectivity index is 2.17. The third-order valence-electron chi connectivity index (χ3n) is 3.95. The molecule has 114 valence electrons. The van der Waals surface area contributed by atoms with Gasteiger partial charge in [-0.15, -0.1) is 11.3 Å². The Morgan fingerprint density at radius 1 is 1.50 bits per heavy atom. The fraction of sp³-hybridized carbons (Fsp3) is 0.375. The summed E-state index contributed by atoms with van der Waals surface area (Å²) in [6, 6.07) is 4.05. The predicted molar refractivity (Wildman–Crippen MR) is 87.7 cm³/mol. The first-order valence-corrected chi connectivity index (χ1v) is 8.57. The number of carbonyl (C=O) groups excluding carboxylic acids is 1. The van der Waals surface area contributed by atoms with Crippen LogP contribution in [0.2, 0.25) is 0 Å². The van der Waals surface area contributed by atoms with Gasteiger partial charge < -0.3 is 10.5 Å². The molecule has 4 nitrogen and oxygen atoms in total. The molecule has 0 saturated heterocycles. The Kier molecular flexibility index (Phi) is 3.66. The van der Waals surface area contributed by atoms with Gasteiger partial charge in [-0.25, -0.2) is 0 Å². The van der Waals surface area contributed by atoms with Crippen LogP contribution < -0.4 is 5.73 Å². The summed E-state index contributed by atoms with van der Waals surface area (Å²) in [6.07, 6.45) is 1.10. The van der Waals surface area contributed by atoms with Crippen molar-refractivity contribution in [3.8, 4) is 6.07 Å². The lowest BCUT2D eigenvalue weighted by Crippen LogP contribution is -2.33. The number of carbonyl (C=O) groups is 1. The number of nitrogens with two attached hydrogens (primary N) is 1. The number of rotatable bonds is 1. The monoisotopic (exact) mass is 378 g/mol. The molecule has 0 radical (unpaired) electrons. The molecule has 2 aliphatic rings. The van der Waals surface area contributed by atoms with Crippen LogP contribution in [0.25, 0.3) is 0 Å². The molecule has 1 aliphatic heterocycles. The molecule has 2 heterocycles. The number of ether oxygens (including phenoxy) is 1. The fourth-order valence-corrected chi connectivity index (χ4v) is 4.61. The molecule has 6 heteroatoms. The summed E-state index contributed by atoms with van der Waals surface area (Å²) in [5, 5.41) is 11.4. The van der Waals surface area contributed by atoms with E-state index in [0.29, 0.717) is 29.7 Å². The van der Waals surface area contributed by atoms with Crippen LogP contribution in [0.3, 0.4) is 0 Å². The zero-order valence-corrected chi connectivity index (χ0v) is 14.7. The van der Waals surface area contributed by atoms with Crippen LogP contribution in [-0.4, -0.2) is 5.78 Å². The van der Waals surface area contributed by atoms with E-state index >= 15 is 0 Å². The number of allylic oxidation sites excluding steroid dienone is 3. The van der Waals surface area contributed by atoms with Gasteiger partial charge in [0, 0.05) is 33.1 Å². The molecular formula is C16H15BrN2O2S. The molecule has 0 unspecified atom stereocenters. The fourth-order valence-electron chi connectivity index (χ4n) is 3.05. The van der Waals surface area contributed by atoms with E-state index in [2.05, 4.69) is 22.0 Å². The number of hydrogen-bond acceptors (Lipinski definition) is 5. The van der Waals surface area contributed by atoms with Gasteiger partial charge >= 0.3 is 0 Å². The summed E-state index contributed by atoms with van der Waals surface area (Å²) in [6.45, 7) is 4.07. The number of halogens is 1. The van der Waals surface area contributed by atoms with Crippen LogP contribution in [0.15, 0.2) is 38.7 Å². The average Bonchev–Trinajstić information content (AvgIpc) is 2.82. The Labute approximate surface area is 141 Å². The first-order valence-electron chi connectivity index (χ1n) is 6.90. The maximum atomic E-state index is 12.7. The molecule has 1 atom stereocenters. The van der Waals surface area contributed by atoms with Gasteiger partial charge in [0.15, 0.2) is 5.78 Å². The molecule has 0 saturated carbocycles. The number of ketones is 1. The Hall–Kier alpha value is -1.58. The van der Waals surface area contributed by atoms with Crippen LogP contribution in [0.1, 0.15) is 37.5 Å². The van der Waals surface area contributed by atoms with Crippen molar-refractivity contribution in [1.82, 2.24) is 0 Å². The minimum absolute atomic E-state index is 0.0426. The second kappa shape index (κ2) is 5.25. The first-order chi connectivity index (χ1) is 10.3. The van der Waals surface area contributed by atoms with E-state index in [9.17, 15) is 10.1 Å². The van der Waals surface area contributed by atoms with Gasteiger partial charge in [-0.1, -0.05) is 13.8 Å². The highest BCUT2D eigenvalue weighted by Gasteiger charge is 2.43. The molecule has 0 amide bonds. The van der Waals surface area contributed by atoms with Crippen molar-refractivity contribution in [2.75, 3.05) is 0 Å². The molecule has 2 N–H and O–H groups in total. The number of Topliss-reactive ketones (excluding diaryl/α,β-unsaturated/α-hetero) is 1. The van der Waals surface area contributed by atoms with Gasteiger partial charge in [-0.2, -0.15) is 5.26 Å². The summed E-state index contributed by atoms with van der Waals surface area (Å²) in [5.41, 5.74) is 6.71. The topological polar surface area (TPSA) is 76.1 Å². The van der Waals surface area contributed by atoms with Gasteiger partial charge in [0.05, 0.1) is 5.92 Å². The lowest BCUT2D eigenvalue weighted by atomic mass is 9.71. The predicted octanol–water partition coefficient (Wildman–Crippen LogP) is 3.96. The van der Waals surface area contributed by atoms with E-state index in [4.69, 9.17) is 10.5 Å². The Morgan fingerprint density at radius 3 is 2.82 bits per heavy atom. The summed E-state index contributed by atoms with van der Waals surface area (Å²) < 4.78 is 6.58. The minimum Gasteiger partial charge on any atom is -0.444 e. The highest BCUT2D eigenvalue weighted by molar-refractivity contribution is 9.10. The molecule has 1 aromatic rings. The lowest BCUT2D eigenvalue weighted by Gasteiger charge is -2.36. The molecule has 0 fully saturated rings. The third kappa shape index (κ3) is 2.49. The first kappa shape index (κ1) is 15.3. The normalized spacial score (nSPS) is 23.9. The third-order valence-corrected chi connectivity index (χ3v) is 5.71. The van der Waals surface area contributed by atoms with E-state index in [1.165, 1.54) is 11.3 Å². The van der Waals surface area contributed by atoms with Crippen LogP contribution in [-0.2, 0) is 9.53 Å². The van der Waals surface area contributed by atoms with Crippen LogP contribution in [0.4, 0.5) is 0 Å². The van der Waals surface area contributed by atoms with Crippen LogP contribution in [0.5, 0.6) is 0 Å². The number of thiophene rings is 1. The van der Waals surface area contributed by atoms with Crippen LogP contribution in [0, 0.1) is 16.7 Å². The molecule has 0 bridgehead atoms. The van der Waals surface area contributed by atoms with Crippen molar-refractivity contribution >= 4 is 33.0 Å². The van der Waals surface area contributed by atoms with Crippen molar-refractivity contribution in [1.29, 1.82) is 5.26 Å². The maximum Gasteiger partial charge on any atom is 0.205 e. The number of hydrogen-bond donors (Lipinski definition) is 1. The summed E-state index contributed by atoms with van der Waals surface area (Å²) >= 11 is 4.93. The standard InChI is InChI=1S/C16H15BrN2O2S/c1-16(2)4-10(20)14-11(5-16)21-15(19)9(6-18)13(14)12-3-8(17)7-22-12/h3,7,13H,4-5,19H2,1-2H3/t13-/m0/s1. The van der Waals surface area contributed by atoms with E-state index in [1.807, 2.05) is 25.3 Å². The molecule has 0 aromatic carbocycles. The molecular weight excluding hydrogens is 364 g/mol. The van der Waals surface area contributed by atoms with Gasteiger partial charge in [-0.05, 0) is 27.4 Å². The Bertz CT molecular complexity index is 767. The largest absolute Gasteiger partial charge is 0.444 e. The second-order valence-electron chi connectivity index (χ2n) is 6.37. The Morgan fingerprint density at radius 2 is 2.23 bits per heavy atom. The summed E-state index contributed by atoms with van der Waals surface area (Å²) in [4.78, 5) is 13.6. The highest BCUT2D eigenvalue weighted by Crippen LogP contribution is 2.49. The quantitative estimate of drug-likeness (QED) is 0.801. The van der Waals surface area contributed by atoms with Gasteiger partial charge in [0.25, 0.3) is 0 Å². The molecule has 0 spiro atoms. The molecule has 22 heavy (non-hydrogen) atoms. The van der Waals surface area contributed by atoms with Crippen LogP contribution >= 0.6 is 27.3 Å². The van der Waals surface area contributed by atoms with Crippen molar-refractivity contribution in [3.05, 3.63) is 43.6 Å². The van der Waals surface area contributed by atoms with Gasteiger partial charge in [0.1, 0.15) is 17.4 Å². The zero-order chi connectivity index (χ0) is 16.1. The van der Waals surface area contributed by atoms with Gasteiger partial charge in [0.2, 0.25) is 5.88 Å². The number of nitriles is 1. The summed E-state index contributed by atoms with van der Waals surface area (Å²) in [7, 11) is 0. The molecule has 1 aromatic heterocycles. The van der Waals surface area contributed by atoms with E-state index in [-0.39, 0.29) is 17.1 Å². The van der Waals surface area contributed by atoms with E-state index in [1.54, 1.807) is 0 Å². The maximum absolute atomic E-state index is 12.7. The zero-order valence-electron chi connectivity index (χ0n) is 12.3. The van der Waals surface area contributed by atoms with Crippen molar-refractivity contribution in [2.45, 2.75) is 32.6 Å².